The van der Waals surface area contributed by atoms with Crippen LogP contribution in [0.4, 0.5) is 5.69 Å². The van der Waals surface area contributed by atoms with E-state index in [0.29, 0.717) is 23.8 Å². The zero-order valence-corrected chi connectivity index (χ0v) is 10.4. The van der Waals surface area contributed by atoms with E-state index in [0.717, 1.165) is 17.7 Å². The number of carbonyl (C=O) groups is 1. The van der Waals surface area contributed by atoms with Gasteiger partial charge in [0, 0.05) is 16.3 Å². The number of anilines is 1. The maximum absolute atomic E-state index is 11.9. The minimum Gasteiger partial charge on any atom is -0.376 e. The summed E-state index contributed by atoms with van der Waals surface area (Å²) in [6.07, 6.45) is 2.70. The van der Waals surface area contributed by atoms with Crippen LogP contribution >= 0.6 is 11.6 Å². The van der Waals surface area contributed by atoms with E-state index < -0.39 is 0 Å². The van der Waals surface area contributed by atoms with Crippen molar-refractivity contribution in [1.29, 1.82) is 0 Å². The highest BCUT2D eigenvalue weighted by molar-refractivity contribution is 6.31. The van der Waals surface area contributed by atoms with Crippen LogP contribution in [0.1, 0.15) is 12.0 Å². The molecule has 1 heterocycles. The van der Waals surface area contributed by atoms with E-state index in [4.69, 9.17) is 16.3 Å². The molecular formula is C13H14ClNO2. The minimum absolute atomic E-state index is 0.116. The topological polar surface area (TPSA) is 38.3 Å². The predicted octanol–water partition coefficient (Wildman–Crippen LogP) is 2.93. The molecule has 90 valence electrons. The van der Waals surface area contributed by atoms with Crippen molar-refractivity contribution in [3.05, 3.63) is 40.4 Å². The number of rotatable bonds is 2. The third-order valence-electron chi connectivity index (χ3n) is 2.65. The molecule has 0 radical (unpaired) electrons. The summed E-state index contributed by atoms with van der Waals surface area (Å²) < 4.78 is 5.24. The Morgan fingerprint density at radius 1 is 1.47 bits per heavy atom. The highest BCUT2D eigenvalue weighted by atomic mass is 35.5. The first-order valence-corrected chi connectivity index (χ1v) is 5.89. The second kappa shape index (κ2) is 5.34. The molecule has 0 saturated carbocycles. The lowest BCUT2D eigenvalue weighted by Crippen LogP contribution is -2.21. The van der Waals surface area contributed by atoms with E-state index in [-0.39, 0.29) is 5.91 Å². The molecule has 1 amide bonds. The number of benzene rings is 1. The molecule has 0 fully saturated rings. The van der Waals surface area contributed by atoms with Crippen molar-refractivity contribution in [3.8, 4) is 0 Å². The first-order chi connectivity index (χ1) is 8.16. The summed E-state index contributed by atoms with van der Waals surface area (Å²) in [5.74, 6) is -0.116. The first-order valence-electron chi connectivity index (χ1n) is 5.51. The van der Waals surface area contributed by atoms with Crippen molar-refractivity contribution in [3.63, 3.8) is 0 Å². The molecule has 0 aliphatic carbocycles. The van der Waals surface area contributed by atoms with Gasteiger partial charge in [-0.05, 0) is 31.0 Å². The number of hydrogen-bond acceptors (Lipinski definition) is 2. The molecule has 4 heteroatoms. The molecule has 0 bridgehead atoms. The molecule has 0 aromatic heterocycles. The number of halogens is 1. The van der Waals surface area contributed by atoms with Crippen LogP contribution < -0.4 is 5.32 Å². The molecular weight excluding hydrogens is 238 g/mol. The summed E-state index contributed by atoms with van der Waals surface area (Å²) >= 11 is 5.90. The summed E-state index contributed by atoms with van der Waals surface area (Å²) in [5.41, 5.74) is 2.41. The van der Waals surface area contributed by atoms with Crippen LogP contribution in [-0.4, -0.2) is 19.1 Å². The van der Waals surface area contributed by atoms with E-state index in [1.165, 1.54) is 0 Å². The fourth-order valence-corrected chi connectivity index (χ4v) is 1.82. The van der Waals surface area contributed by atoms with Gasteiger partial charge in [-0.15, -0.1) is 0 Å². The lowest BCUT2D eigenvalue weighted by molar-refractivity contribution is -0.113. The van der Waals surface area contributed by atoms with Gasteiger partial charge in [0.25, 0.3) is 5.91 Å². The van der Waals surface area contributed by atoms with E-state index in [1.54, 1.807) is 12.1 Å². The average Bonchev–Trinajstić information content (AvgIpc) is 2.35. The van der Waals surface area contributed by atoms with Gasteiger partial charge in [0.05, 0.1) is 13.2 Å². The highest BCUT2D eigenvalue weighted by Gasteiger charge is 2.13. The summed E-state index contributed by atoms with van der Waals surface area (Å²) in [4.78, 5) is 11.9. The second-order valence-electron chi connectivity index (χ2n) is 3.98. The van der Waals surface area contributed by atoms with Crippen LogP contribution in [0.5, 0.6) is 0 Å². The zero-order valence-electron chi connectivity index (χ0n) is 9.63. The fraction of sp³-hybridized carbons (Fsp3) is 0.308. The molecule has 1 aromatic rings. The maximum Gasteiger partial charge on any atom is 0.253 e. The second-order valence-corrected chi connectivity index (χ2v) is 4.42. The van der Waals surface area contributed by atoms with Gasteiger partial charge < -0.3 is 10.1 Å². The Labute approximate surface area is 105 Å². The molecule has 17 heavy (non-hydrogen) atoms. The number of hydrogen-bond donors (Lipinski definition) is 1. The zero-order chi connectivity index (χ0) is 12.3. The van der Waals surface area contributed by atoms with Gasteiger partial charge in [0.15, 0.2) is 0 Å². The normalized spacial score (nSPS) is 15.3. The number of amides is 1. The third kappa shape index (κ3) is 3.08. The highest BCUT2D eigenvalue weighted by Crippen LogP contribution is 2.21. The Kier molecular flexibility index (Phi) is 3.82. The number of carbonyl (C=O) groups excluding carboxylic acids is 1. The van der Waals surface area contributed by atoms with Crippen LogP contribution in [0, 0.1) is 6.92 Å². The van der Waals surface area contributed by atoms with Crippen LogP contribution in [0.25, 0.3) is 0 Å². The molecule has 3 nitrogen and oxygen atoms in total. The SMILES string of the molecule is Cc1ccc(Cl)cc1NC(=O)C1=CCCOC1. The molecule has 1 aliphatic heterocycles. The quantitative estimate of drug-likeness (QED) is 0.878. The van der Waals surface area contributed by atoms with Crippen molar-refractivity contribution >= 4 is 23.2 Å². The average molecular weight is 252 g/mol. The van der Waals surface area contributed by atoms with Gasteiger partial charge in [-0.3, -0.25) is 4.79 Å². The van der Waals surface area contributed by atoms with Gasteiger partial charge in [-0.25, -0.2) is 0 Å². The first kappa shape index (κ1) is 12.1. The van der Waals surface area contributed by atoms with Gasteiger partial charge in [0.2, 0.25) is 0 Å². The lowest BCUT2D eigenvalue weighted by Gasteiger charge is -2.14. The van der Waals surface area contributed by atoms with Crippen molar-refractivity contribution in [1.82, 2.24) is 0 Å². The summed E-state index contributed by atoms with van der Waals surface area (Å²) in [6.45, 7) is 3.00. The van der Waals surface area contributed by atoms with Crippen LogP contribution in [0.15, 0.2) is 29.8 Å². The third-order valence-corrected chi connectivity index (χ3v) is 2.89. The summed E-state index contributed by atoms with van der Waals surface area (Å²) in [7, 11) is 0. The largest absolute Gasteiger partial charge is 0.376 e. The van der Waals surface area contributed by atoms with Crippen molar-refractivity contribution in [2.24, 2.45) is 0 Å². The molecule has 0 saturated heterocycles. The molecule has 0 unspecified atom stereocenters. The Morgan fingerprint density at radius 3 is 3.00 bits per heavy atom. The number of ether oxygens (including phenoxy) is 1. The van der Waals surface area contributed by atoms with Crippen molar-refractivity contribution in [2.45, 2.75) is 13.3 Å². The minimum atomic E-state index is -0.116. The molecule has 0 spiro atoms. The molecule has 1 aromatic carbocycles. The van der Waals surface area contributed by atoms with E-state index in [9.17, 15) is 4.79 Å². The van der Waals surface area contributed by atoms with Gasteiger partial charge in [0.1, 0.15) is 0 Å². The predicted molar refractivity (Wildman–Crippen MR) is 68.3 cm³/mol. The van der Waals surface area contributed by atoms with Gasteiger partial charge in [-0.1, -0.05) is 23.7 Å². The van der Waals surface area contributed by atoms with E-state index in [1.807, 2.05) is 19.1 Å². The lowest BCUT2D eigenvalue weighted by atomic mass is 10.1. The van der Waals surface area contributed by atoms with Crippen LogP contribution in [0.2, 0.25) is 5.02 Å². The van der Waals surface area contributed by atoms with Crippen LogP contribution in [0.3, 0.4) is 0 Å². The Hall–Kier alpha value is -1.32. The molecule has 1 N–H and O–H groups in total. The van der Waals surface area contributed by atoms with Gasteiger partial charge in [-0.2, -0.15) is 0 Å². The smallest absolute Gasteiger partial charge is 0.253 e. The fourth-order valence-electron chi connectivity index (χ4n) is 1.65. The Morgan fingerprint density at radius 2 is 2.29 bits per heavy atom. The Balaban J connectivity index is 2.12. The van der Waals surface area contributed by atoms with E-state index in [2.05, 4.69) is 5.32 Å². The number of nitrogens with one attached hydrogen (secondary N) is 1. The Bertz CT molecular complexity index is 468. The van der Waals surface area contributed by atoms with Crippen molar-refractivity contribution < 1.29 is 9.53 Å². The molecule has 2 rings (SSSR count). The van der Waals surface area contributed by atoms with Crippen LogP contribution in [-0.2, 0) is 9.53 Å². The number of aryl methyl sites for hydroxylation is 1. The van der Waals surface area contributed by atoms with Gasteiger partial charge >= 0.3 is 0 Å². The monoisotopic (exact) mass is 251 g/mol. The maximum atomic E-state index is 11.9. The summed E-state index contributed by atoms with van der Waals surface area (Å²) in [5, 5.41) is 3.46. The molecule has 0 atom stereocenters. The van der Waals surface area contributed by atoms with E-state index >= 15 is 0 Å². The van der Waals surface area contributed by atoms with Crippen molar-refractivity contribution in [2.75, 3.05) is 18.5 Å². The standard InChI is InChI=1S/C13H14ClNO2/c1-9-4-5-11(14)7-12(9)15-13(16)10-3-2-6-17-8-10/h3-5,7H,2,6,8H2,1H3,(H,15,16). The summed E-state index contributed by atoms with van der Waals surface area (Å²) in [6, 6.07) is 5.43. The molecule has 1 aliphatic rings.